The molecule has 0 fully saturated rings. The third-order valence-electron chi connectivity index (χ3n) is 3.57. The molecule has 2 heteroatoms. The molecule has 1 unspecified atom stereocenters. The summed E-state index contributed by atoms with van der Waals surface area (Å²) in [5, 5.41) is 9.64. The molecule has 20 heavy (non-hydrogen) atoms. The molecule has 1 N–H and O–H groups in total. The number of ether oxygens (including phenoxy) is 1. The van der Waals surface area contributed by atoms with Gasteiger partial charge in [-0.25, -0.2) is 0 Å². The fraction of sp³-hybridized carbons (Fsp3) is 0.333. The van der Waals surface area contributed by atoms with Gasteiger partial charge in [-0.1, -0.05) is 48.0 Å². The minimum Gasteiger partial charge on any atom is -0.496 e. The zero-order chi connectivity index (χ0) is 14.4. The number of aliphatic hydroxyl groups is 1. The van der Waals surface area contributed by atoms with Gasteiger partial charge in [0.05, 0.1) is 7.11 Å². The summed E-state index contributed by atoms with van der Waals surface area (Å²) >= 11 is 0. The molecule has 0 saturated carbocycles. The molecule has 0 aliphatic rings. The van der Waals surface area contributed by atoms with Crippen LogP contribution in [0.5, 0.6) is 5.75 Å². The SMILES string of the molecule is COc1ccccc1CC(CO)Cc1cccc(C)c1. The average molecular weight is 270 g/mol. The number of aliphatic hydroxyl groups excluding tert-OH is 1. The molecule has 2 rings (SSSR count). The average Bonchev–Trinajstić information content (AvgIpc) is 2.47. The van der Waals surface area contributed by atoms with Gasteiger partial charge in [0.1, 0.15) is 5.75 Å². The number of hydrogen-bond acceptors (Lipinski definition) is 2. The van der Waals surface area contributed by atoms with Crippen LogP contribution in [0, 0.1) is 12.8 Å². The van der Waals surface area contributed by atoms with Crippen LogP contribution in [0.4, 0.5) is 0 Å². The second kappa shape index (κ2) is 7.11. The van der Waals surface area contributed by atoms with Crippen molar-refractivity contribution in [1.29, 1.82) is 0 Å². The molecule has 0 amide bonds. The van der Waals surface area contributed by atoms with Crippen LogP contribution in [0.3, 0.4) is 0 Å². The van der Waals surface area contributed by atoms with Crippen molar-refractivity contribution in [3.63, 3.8) is 0 Å². The molecule has 0 bridgehead atoms. The molecule has 0 aliphatic heterocycles. The van der Waals surface area contributed by atoms with E-state index in [0.717, 1.165) is 24.2 Å². The second-order valence-electron chi connectivity index (χ2n) is 5.26. The van der Waals surface area contributed by atoms with Crippen molar-refractivity contribution < 1.29 is 9.84 Å². The van der Waals surface area contributed by atoms with Gasteiger partial charge in [-0.3, -0.25) is 0 Å². The van der Waals surface area contributed by atoms with Crippen LogP contribution in [0.15, 0.2) is 48.5 Å². The van der Waals surface area contributed by atoms with Crippen molar-refractivity contribution in [2.45, 2.75) is 19.8 Å². The van der Waals surface area contributed by atoms with Crippen molar-refractivity contribution in [2.24, 2.45) is 5.92 Å². The number of aryl methyl sites for hydroxylation is 1. The van der Waals surface area contributed by atoms with E-state index in [1.165, 1.54) is 11.1 Å². The summed E-state index contributed by atoms with van der Waals surface area (Å²) in [6, 6.07) is 16.5. The molecule has 0 radical (unpaired) electrons. The molecule has 0 spiro atoms. The lowest BCUT2D eigenvalue weighted by molar-refractivity contribution is 0.224. The number of benzene rings is 2. The fourth-order valence-corrected chi connectivity index (χ4v) is 2.56. The van der Waals surface area contributed by atoms with Crippen LogP contribution in [0.2, 0.25) is 0 Å². The van der Waals surface area contributed by atoms with Crippen molar-refractivity contribution in [1.82, 2.24) is 0 Å². The highest BCUT2D eigenvalue weighted by Crippen LogP contribution is 2.22. The van der Waals surface area contributed by atoms with Crippen LogP contribution >= 0.6 is 0 Å². The zero-order valence-electron chi connectivity index (χ0n) is 12.2. The smallest absolute Gasteiger partial charge is 0.122 e. The first-order valence-corrected chi connectivity index (χ1v) is 7.01. The monoisotopic (exact) mass is 270 g/mol. The van der Waals surface area contributed by atoms with Crippen LogP contribution in [-0.4, -0.2) is 18.8 Å². The third kappa shape index (κ3) is 3.84. The van der Waals surface area contributed by atoms with E-state index in [1.807, 2.05) is 18.2 Å². The number of rotatable bonds is 6. The number of methoxy groups -OCH3 is 1. The molecule has 106 valence electrons. The minimum atomic E-state index is 0.186. The van der Waals surface area contributed by atoms with Gasteiger partial charge in [0.25, 0.3) is 0 Å². The molecule has 1 atom stereocenters. The zero-order valence-corrected chi connectivity index (χ0v) is 12.2. The summed E-state index contributed by atoms with van der Waals surface area (Å²) in [4.78, 5) is 0. The van der Waals surface area contributed by atoms with E-state index < -0.39 is 0 Å². The van der Waals surface area contributed by atoms with Crippen LogP contribution < -0.4 is 4.74 Å². The summed E-state index contributed by atoms with van der Waals surface area (Å²) in [5.74, 6) is 1.11. The lowest BCUT2D eigenvalue weighted by atomic mass is 9.92. The Hall–Kier alpha value is -1.80. The summed E-state index contributed by atoms with van der Waals surface area (Å²) in [5.41, 5.74) is 3.69. The van der Waals surface area contributed by atoms with Crippen molar-refractivity contribution >= 4 is 0 Å². The molecule has 0 heterocycles. The van der Waals surface area contributed by atoms with Gasteiger partial charge in [0.15, 0.2) is 0 Å². The first kappa shape index (κ1) is 14.6. The normalized spacial score (nSPS) is 12.2. The maximum Gasteiger partial charge on any atom is 0.122 e. The van der Waals surface area contributed by atoms with Crippen LogP contribution in [-0.2, 0) is 12.8 Å². The van der Waals surface area contributed by atoms with Crippen LogP contribution in [0.25, 0.3) is 0 Å². The Morgan fingerprint density at radius 3 is 2.55 bits per heavy atom. The highest BCUT2D eigenvalue weighted by molar-refractivity contribution is 5.34. The molecule has 2 aromatic carbocycles. The van der Waals surface area contributed by atoms with Crippen molar-refractivity contribution in [3.05, 3.63) is 65.2 Å². The number of para-hydroxylation sites is 1. The lowest BCUT2D eigenvalue weighted by Gasteiger charge is -2.16. The van der Waals surface area contributed by atoms with Gasteiger partial charge >= 0.3 is 0 Å². The Morgan fingerprint density at radius 1 is 1.05 bits per heavy atom. The molecule has 2 nitrogen and oxygen atoms in total. The highest BCUT2D eigenvalue weighted by Gasteiger charge is 2.12. The Balaban J connectivity index is 2.09. The summed E-state index contributed by atoms with van der Waals surface area (Å²) in [6.07, 6.45) is 1.71. The van der Waals surface area contributed by atoms with E-state index >= 15 is 0 Å². The molecule has 2 aromatic rings. The second-order valence-corrected chi connectivity index (χ2v) is 5.26. The van der Waals surface area contributed by atoms with E-state index in [4.69, 9.17) is 4.74 Å². The largest absolute Gasteiger partial charge is 0.496 e. The van der Waals surface area contributed by atoms with Crippen molar-refractivity contribution in [3.8, 4) is 5.75 Å². The Kier molecular flexibility index (Phi) is 5.19. The molecular weight excluding hydrogens is 248 g/mol. The van der Waals surface area contributed by atoms with Gasteiger partial charge < -0.3 is 9.84 Å². The van der Waals surface area contributed by atoms with E-state index in [2.05, 4.69) is 37.3 Å². The molecule has 0 aliphatic carbocycles. The van der Waals surface area contributed by atoms with Gasteiger partial charge in [0.2, 0.25) is 0 Å². The van der Waals surface area contributed by atoms with Gasteiger partial charge in [0, 0.05) is 6.61 Å². The van der Waals surface area contributed by atoms with E-state index in [-0.39, 0.29) is 12.5 Å². The maximum absolute atomic E-state index is 9.64. The van der Waals surface area contributed by atoms with Crippen molar-refractivity contribution in [2.75, 3.05) is 13.7 Å². The first-order valence-electron chi connectivity index (χ1n) is 7.01. The predicted molar refractivity (Wildman–Crippen MR) is 82.2 cm³/mol. The standard InChI is InChI=1S/C18H22O2/c1-14-6-5-7-15(10-14)11-16(13-19)12-17-8-3-4-9-18(17)20-2/h3-10,16,19H,11-13H2,1-2H3. The third-order valence-corrected chi connectivity index (χ3v) is 3.57. The summed E-state index contributed by atoms with van der Waals surface area (Å²) in [7, 11) is 1.69. The van der Waals surface area contributed by atoms with Gasteiger partial charge in [-0.05, 0) is 42.9 Å². The van der Waals surface area contributed by atoms with Gasteiger partial charge in [-0.15, -0.1) is 0 Å². The Morgan fingerprint density at radius 2 is 1.85 bits per heavy atom. The van der Waals surface area contributed by atoms with E-state index in [9.17, 15) is 5.11 Å². The lowest BCUT2D eigenvalue weighted by Crippen LogP contribution is -2.13. The predicted octanol–water partition coefficient (Wildman–Crippen LogP) is 3.40. The van der Waals surface area contributed by atoms with Gasteiger partial charge in [-0.2, -0.15) is 0 Å². The highest BCUT2D eigenvalue weighted by atomic mass is 16.5. The van der Waals surface area contributed by atoms with Crippen LogP contribution in [0.1, 0.15) is 16.7 Å². The summed E-state index contributed by atoms with van der Waals surface area (Å²) < 4.78 is 5.38. The number of hydrogen-bond donors (Lipinski definition) is 1. The first-order chi connectivity index (χ1) is 9.72. The molecular formula is C18H22O2. The van der Waals surface area contributed by atoms with E-state index in [0.29, 0.717) is 0 Å². The Bertz CT molecular complexity index is 549. The topological polar surface area (TPSA) is 29.5 Å². The maximum atomic E-state index is 9.64. The van der Waals surface area contributed by atoms with E-state index in [1.54, 1.807) is 7.11 Å². The fourth-order valence-electron chi connectivity index (χ4n) is 2.56. The Labute approximate surface area is 121 Å². The quantitative estimate of drug-likeness (QED) is 0.871. The molecule has 0 saturated heterocycles. The molecule has 0 aromatic heterocycles. The summed E-state index contributed by atoms with van der Waals surface area (Å²) in [6.45, 7) is 2.28. The minimum absolute atomic E-state index is 0.186.